The second-order valence-corrected chi connectivity index (χ2v) is 7.18. The number of ketones is 1. The van der Waals surface area contributed by atoms with Gasteiger partial charge in [-0.1, -0.05) is 25.1 Å². The number of carbonyl (C=O) groups excluding carboxylic acids is 1. The lowest BCUT2D eigenvalue weighted by Crippen LogP contribution is -2.11. The van der Waals surface area contributed by atoms with Gasteiger partial charge in [-0.25, -0.2) is 0 Å². The smallest absolute Gasteiger partial charge is 0.276 e. The Kier molecular flexibility index (Phi) is 4.41. The van der Waals surface area contributed by atoms with Crippen molar-refractivity contribution >= 4 is 18.5 Å². The first-order valence-electron chi connectivity index (χ1n) is 6.50. The Morgan fingerprint density at radius 3 is 2.15 bits per heavy atom. The molecule has 0 amide bonds. The summed E-state index contributed by atoms with van der Waals surface area (Å²) in [5.41, 5.74) is 0.614. The minimum Gasteiger partial charge on any atom is -0.440 e. The first kappa shape index (κ1) is 14.5. The molecule has 2 aromatic rings. The normalized spacial score (nSPS) is 13.5. The molecule has 3 nitrogen and oxygen atoms in total. The summed E-state index contributed by atoms with van der Waals surface area (Å²) < 4.78 is 18.6. The Morgan fingerprint density at radius 1 is 1.05 bits per heavy atom. The van der Waals surface area contributed by atoms with Crippen LogP contribution in [0.4, 0.5) is 0 Å². The number of hydrogen-bond acceptors (Lipinski definition) is 3. The summed E-state index contributed by atoms with van der Waals surface area (Å²) in [6.07, 6.45) is 0.422. The lowest BCUT2D eigenvalue weighted by atomic mass is 10.1. The van der Waals surface area contributed by atoms with E-state index < -0.39 is 7.37 Å². The monoisotopic (exact) mass is 288 g/mol. The van der Waals surface area contributed by atoms with E-state index in [1.165, 1.54) is 6.92 Å². The van der Waals surface area contributed by atoms with E-state index in [2.05, 4.69) is 0 Å². The average Bonchev–Trinajstić information content (AvgIpc) is 2.48. The van der Waals surface area contributed by atoms with Crippen molar-refractivity contribution in [3.63, 3.8) is 0 Å². The molecule has 0 saturated heterocycles. The van der Waals surface area contributed by atoms with Crippen molar-refractivity contribution in [2.24, 2.45) is 0 Å². The summed E-state index contributed by atoms with van der Waals surface area (Å²) >= 11 is 0. The molecule has 0 heterocycles. The Bertz CT molecular complexity index is 633. The average molecular weight is 288 g/mol. The molecule has 1 atom stereocenters. The number of Topliss-reactive ketones (excluding diaryl/α,β-unsaturated/α-hetero) is 1. The standard InChI is InChI=1S/C16H17O3P/c1-3-20(18,16-7-5-4-6-8-16)19-15-11-9-14(10-12-15)13(2)17/h4-12H,3H2,1-2H3. The minimum atomic E-state index is -2.90. The molecule has 0 aliphatic heterocycles. The first-order valence-corrected chi connectivity index (χ1v) is 8.31. The lowest BCUT2D eigenvalue weighted by Gasteiger charge is -2.18. The van der Waals surface area contributed by atoms with Gasteiger partial charge in [-0.15, -0.1) is 0 Å². The van der Waals surface area contributed by atoms with Crippen molar-refractivity contribution in [3.8, 4) is 5.75 Å². The van der Waals surface area contributed by atoms with Crippen LogP contribution in [0.25, 0.3) is 0 Å². The van der Waals surface area contributed by atoms with Crippen LogP contribution in [0.1, 0.15) is 24.2 Å². The van der Waals surface area contributed by atoms with Crippen LogP contribution in [-0.2, 0) is 4.57 Å². The van der Waals surface area contributed by atoms with E-state index in [1.807, 2.05) is 37.3 Å². The number of benzene rings is 2. The number of rotatable bonds is 5. The highest BCUT2D eigenvalue weighted by molar-refractivity contribution is 7.67. The van der Waals surface area contributed by atoms with Gasteiger partial charge in [0.05, 0.1) is 0 Å². The molecule has 1 unspecified atom stereocenters. The molecule has 0 bridgehead atoms. The van der Waals surface area contributed by atoms with Crippen molar-refractivity contribution in [2.45, 2.75) is 13.8 Å². The molecule has 104 valence electrons. The van der Waals surface area contributed by atoms with Crippen molar-refractivity contribution in [1.29, 1.82) is 0 Å². The molecule has 2 aromatic carbocycles. The molecule has 2 rings (SSSR count). The number of carbonyl (C=O) groups is 1. The molecule has 0 radical (unpaired) electrons. The van der Waals surface area contributed by atoms with Gasteiger partial charge in [-0.3, -0.25) is 9.36 Å². The van der Waals surface area contributed by atoms with Gasteiger partial charge in [-0.2, -0.15) is 0 Å². The third-order valence-corrected chi connectivity index (χ3v) is 5.50. The maximum atomic E-state index is 12.9. The zero-order valence-electron chi connectivity index (χ0n) is 11.6. The second-order valence-electron chi connectivity index (χ2n) is 4.50. The van der Waals surface area contributed by atoms with Gasteiger partial charge in [-0.05, 0) is 43.3 Å². The van der Waals surface area contributed by atoms with Gasteiger partial charge < -0.3 is 4.52 Å². The Hall–Kier alpha value is -1.86. The van der Waals surface area contributed by atoms with E-state index >= 15 is 0 Å². The highest BCUT2D eigenvalue weighted by atomic mass is 31.2. The topological polar surface area (TPSA) is 43.4 Å². The second kappa shape index (κ2) is 6.06. The summed E-state index contributed by atoms with van der Waals surface area (Å²) in [6.45, 7) is 3.36. The molecule has 20 heavy (non-hydrogen) atoms. The van der Waals surface area contributed by atoms with Crippen LogP contribution in [0, 0.1) is 0 Å². The van der Waals surface area contributed by atoms with Gasteiger partial charge in [0.2, 0.25) is 0 Å². The van der Waals surface area contributed by atoms with Gasteiger partial charge >= 0.3 is 0 Å². The van der Waals surface area contributed by atoms with Crippen LogP contribution in [0.2, 0.25) is 0 Å². The third kappa shape index (κ3) is 3.17. The number of hydrogen-bond donors (Lipinski definition) is 0. The van der Waals surface area contributed by atoms with Gasteiger partial charge in [0.1, 0.15) is 5.75 Å². The molecule has 0 saturated carbocycles. The minimum absolute atomic E-state index is 0.00159. The maximum absolute atomic E-state index is 12.9. The van der Waals surface area contributed by atoms with E-state index in [0.717, 1.165) is 0 Å². The fourth-order valence-electron chi connectivity index (χ4n) is 1.88. The molecule has 4 heteroatoms. The molecule has 0 fully saturated rings. The molecule has 0 aliphatic rings. The molecule has 0 N–H and O–H groups in total. The van der Waals surface area contributed by atoms with Gasteiger partial charge in [0, 0.05) is 17.0 Å². The van der Waals surface area contributed by atoms with Crippen molar-refractivity contribution in [1.82, 2.24) is 0 Å². The Morgan fingerprint density at radius 2 is 1.65 bits per heavy atom. The van der Waals surface area contributed by atoms with E-state index in [1.54, 1.807) is 24.3 Å². The van der Waals surface area contributed by atoms with Gasteiger partial charge in [0.25, 0.3) is 7.37 Å². The largest absolute Gasteiger partial charge is 0.440 e. The Balaban J connectivity index is 2.26. The van der Waals surface area contributed by atoms with E-state index in [9.17, 15) is 9.36 Å². The predicted molar refractivity (Wildman–Crippen MR) is 81.3 cm³/mol. The highest BCUT2D eigenvalue weighted by Crippen LogP contribution is 2.45. The quantitative estimate of drug-likeness (QED) is 0.619. The summed E-state index contributed by atoms with van der Waals surface area (Å²) in [6, 6.07) is 15.9. The first-order chi connectivity index (χ1) is 9.55. The molecule has 0 spiro atoms. The molecule has 0 aromatic heterocycles. The zero-order valence-corrected chi connectivity index (χ0v) is 12.5. The van der Waals surface area contributed by atoms with Crippen LogP contribution in [0.15, 0.2) is 54.6 Å². The lowest BCUT2D eigenvalue weighted by molar-refractivity contribution is 0.101. The molecular formula is C16H17O3P. The van der Waals surface area contributed by atoms with Crippen LogP contribution in [-0.4, -0.2) is 11.9 Å². The zero-order chi connectivity index (χ0) is 14.6. The van der Waals surface area contributed by atoms with E-state index in [4.69, 9.17) is 4.52 Å². The maximum Gasteiger partial charge on any atom is 0.276 e. The van der Waals surface area contributed by atoms with Crippen LogP contribution < -0.4 is 9.83 Å². The highest BCUT2D eigenvalue weighted by Gasteiger charge is 2.24. The fraction of sp³-hybridized carbons (Fsp3) is 0.188. The summed E-state index contributed by atoms with van der Waals surface area (Å²) in [5, 5.41) is 0.707. The van der Waals surface area contributed by atoms with Crippen molar-refractivity contribution < 1.29 is 13.9 Å². The summed E-state index contributed by atoms with van der Waals surface area (Å²) in [5.74, 6) is 0.516. The van der Waals surface area contributed by atoms with Crippen molar-refractivity contribution in [2.75, 3.05) is 6.16 Å². The van der Waals surface area contributed by atoms with Gasteiger partial charge in [0.15, 0.2) is 5.78 Å². The predicted octanol–water partition coefficient (Wildman–Crippen LogP) is 3.89. The molecule has 0 aliphatic carbocycles. The fourth-order valence-corrected chi connectivity index (χ4v) is 3.56. The van der Waals surface area contributed by atoms with E-state index in [-0.39, 0.29) is 5.78 Å². The summed E-state index contributed by atoms with van der Waals surface area (Å²) in [7, 11) is -2.90. The van der Waals surface area contributed by atoms with Crippen LogP contribution in [0.5, 0.6) is 5.75 Å². The Labute approximate surface area is 119 Å². The summed E-state index contributed by atoms with van der Waals surface area (Å²) in [4.78, 5) is 11.2. The van der Waals surface area contributed by atoms with Crippen LogP contribution in [0.3, 0.4) is 0 Å². The third-order valence-electron chi connectivity index (χ3n) is 3.08. The molecular weight excluding hydrogens is 271 g/mol. The van der Waals surface area contributed by atoms with E-state index in [0.29, 0.717) is 22.8 Å². The van der Waals surface area contributed by atoms with Crippen LogP contribution >= 0.6 is 7.37 Å². The van der Waals surface area contributed by atoms with Crippen molar-refractivity contribution in [3.05, 3.63) is 60.2 Å². The SMILES string of the molecule is CCP(=O)(Oc1ccc(C(C)=O)cc1)c1ccccc1.